The highest BCUT2D eigenvalue weighted by atomic mass is 16.5. The fourth-order valence-corrected chi connectivity index (χ4v) is 8.17. The Hall–Kier alpha value is -6.00. The number of carbonyl (C=O) groups is 2. The van der Waals surface area contributed by atoms with Crippen molar-refractivity contribution in [2.24, 2.45) is 0 Å². The van der Waals surface area contributed by atoms with E-state index in [0.29, 0.717) is 74.9 Å². The molecule has 8 rings (SSSR count). The summed E-state index contributed by atoms with van der Waals surface area (Å²) in [6, 6.07) is 7.24. The number of fused-ring (bicyclic) bond motifs is 2. The number of nitrogens with zero attached hydrogens (tertiary/aromatic N) is 8. The molecule has 4 N–H and O–H groups in total. The first-order chi connectivity index (χ1) is 29.4. The average Bonchev–Trinajstić information content (AvgIpc) is 3.92. The van der Waals surface area contributed by atoms with E-state index in [4.69, 9.17) is 19.4 Å². The number of aryl methyl sites for hydroxylation is 4. The summed E-state index contributed by atoms with van der Waals surface area (Å²) >= 11 is 0. The molecule has 2 aliphatic rings. The molecule has 0 spiro atoms. The van der Waals surface area contributed by atoms with Crippen LogP contribution >= 0.6 is 0 Å². The molecular formula is C44H54N12O4. The molecule has 2 aliphatic heterocycles. The second-order valence-corrected chi connectivity index (χ2v) is 15.2. The summed E-state index contributed by atoms with van der Waals surface area (Å²) in [5.74, 6) is -0.522. The number of hydrogen-bond acceptors (Lipinski definition) is 12. The molecule has 0 aromatic carbocycles. The van der Waals surface area contributed by atoms with Crippen molar-refractivity contribution in [3.8, 4) is 11.4 Å². The maximum atomic E-state index is 13.8. The van der Waals surface area contributed by atoms with Crippen LogP contribution in [-0.2, 0) is 48.5 Å². The summed E-state index contributed by atoms with van der Waals surface area (Å²) in [4.78, 5) is 46.7. The van der Waals surface area contributed by atoms with E-state index >= 15 is 0 Å². The molecule has 8 heterocycles. The van der Waals surface area contributed by atoms with Gasteiger partial charge in [0.25, 0.3) is 11.8 Å². The van der Waals surface area contributed by atoms with Gasteiger partial charge in [-0.05, 0) is 76.6 Å². The van der Waals surface area contributed by atoms with E-state index in [1.165, 1.54) is 0 Å². The predicted molar refractivity (Wildman–Crippen MR) is 230 cm³/mol. The molecule has 0 saturated carbocycles. The molecular weight excluding hydrogens is 761 g/mol. The third kappa shape index (κ3) is 8.52. The highest BCUT2D eigenvalue weighted by molar-refractivity contribution is 5.98. The first-order valence-corrected chi connectivity index (χ1v) is 21.3. The SMILES string of the molecule is CCc1nc2c(cnn2CC)c(NC2CCOCC2)c1CNC(=O)c1ccnc(-c2cc(C(=O)NCc3c(CC)nc4c(cnn4CC)c3NC3CCOCC3)ccn2)c1. The third-order valence-electron chi connectivity index (χ3n) is 11.5. The number of anilines is 2. The van der Waals surface area contributed by atoms with E-state index in [-0.39, 0.29) is 37.0 Å². The topological polar surface area (TPSA) is 188 Å². The standard InChI is InChI=1S/C44H54N12O4/c1-5-35-31(39(51-29-11-17-59-18-12-29)33-25-49-55(7-3)41(33)53-35)23-47-43(57)27-9-15-45-37(21-27)38-22-28(10-16-46-38)44(58)48-24-32-36(6-2)54-42-34(26-50-56(42)8-4)40(32)52-30-13-19-60-20-14-30/h9-10,15-16,21-22,25-26,29-30H,5-8,11-14,17-20,23-24H2,1-4H3,(H,47,57)(H,48,58)(H,51,53)(H,52,54). The van der Waals surface area contributed by atoms with Crippen molar-refractivity contribution in [2.45, 2.75) is 104 Å². The van der Waals surface area contributed by atoms with Crippen molar-refractivity contribution in [2.75, 3.05) is 37.1 Å². The number of pyridine rings is 4. The second-order valence-electron chi connectivity index (χ2n) is 15.2. The summed E-state index contributed by atoms with van der Waals surface area (Å²) in [6.07, 6.45) is 11.9. The predicted octanol–water partition coefficient (Wildman–Crippen LogP) is 5.84. The van der Waals surface area contributed by atoms with Gasteiger partial charge >= 0.3 is 0 Å². The highest BCUT2D eigenvalue weighted by Gasteiger charge is 2.24. The molecule has 0 radical (unpaired) electrons. The summed E-state index contributed by atoms with van der Waals surface area (Å²) < 4.78 is 15.1. The lowest BCUT2D eigenvalue weighted by molar-refractivity contribution is 0.0903. The number of aromatic nitrogens is 8. The fourth-order valence-electron chi connectivity index (χ4n) is 8.17. The maximum Gasteiger partial charge on any atom is 0.251 e. The molecule has 2 amide bonds. The van der Waals surface area contributed by atoms with E-state index in [1.807, 2.05) is 21.8 Å². The quantitative estimate of drug-likeness (QED) is 0.0972. The maximum absolute atomic E-state index is 13.8. The lowest BCUT2D eigenvalue weighted by Crippen LogP contribution is -2.30. The minimum absolute atomic E-state index is 0.241. The van der Waals surface area contributed by atoms with Gasteiger partial charge in [0.05, 0.1) is 45.9 Å². The van der Waals surface area contributed by atoms with Crippen molar-refractivity contribution < 1.29 is 19.1 Å². The Morgan fingerprint density at radius 3 is 1.45 bits per heavy atom. The van der Waals surface area contributed by atoms with Gasteiger partial charge in [-0.15, -0.1) is 0 Å². The molecule has 0 unspecified atom stereocenters. The van der Waals surface area contributed by atoms with Crippen LogP contribution < -0.4 is 21.3 Å². The highest BCUT2D eigenvalue weighted by Crippen LogP contribution is 2.33. The summed E-state index contributed by atoms with van der Waals surface area (Å²) in [5, 5.41) is 24.9. The van der Waals surface area contributed by atoms with Crippen LogP contribution in [0.4, 0.5) is 11.4 Å². The molecule has 2 saturated heterocycles. The Bertz CT molecular complexity index is 2310. The zero-order chi connectivity index (χ0) is 41.6. The summed E-state index contributed by atoms with van der Waals surface area (Å²) in [6.45, 7) is 13.0. The van der Waals surface area contributed by atoms with Crippen LogP contribution in [0.2, 0.25) is 0 Å². The number of nitrogens with one attached hydrogen (secondary N) is 4. The van der Waals surface area contributed by atoms with Gasteiger partial charge in [0, 0.05) is 111 Å². The molecule has 0 aliphatic carbocycles. The van der Waals surface area contributed by atoms with Crippen LogP contribution in [0.3, 0.4) is 0 Å². The van der Waals surface area contributed by atoms with Crippen molar-refractivity contribution in [3.63, 3.8) is 0 Å². The Labute approximate surface area is 349 Å². The van der Waals surface area contributed by atoms with Gasteiger partial charge in [-0.1, -0.05) is 13.8 Å². The average molecular weight is 815 g/mol. The molecule has 16 heteroatoms. The minimum atomic E-state index is -0.261. The van der Waals surface area contributed by atoms with E-state index in [1.54, 1.807) is 36.7 Å². The second kappa shape index (κ2) is 18.5. The van der Waals surface area contributed by atoms with Crippen LogP contribution in [-0.4, -0.2) is 89.8 Å². The Balaban J connectivity index is 0.997. The Morgan fingerprint density at radius 1 is 0.650 bits per heavy atom. The Kier molecular flexibility index (Phi) is 12.6. The molecule has 6 aromatic rings. The van der Waals surface area contributed by atoms with Gasteiger partial charge in [-0.2, -0.15) is 10.2 Å². The molecule has 60 heavy (non-hydrogen) atoms. The van der Waals surface area contributed by atoms with E-state index in [0.717, 1.165) is 81.6 Å². The number of amides is 2. The van der Waals surface area contributed by atoms with E-state index in [2.05, 4.69) is 69.1 Å². The van der Waals surface area contributed by atoms with Gasteiger partial charge < -0.3 is 30.7 Å². The van der Waals surface area contributed by atoms with E-state index in [9.17, 15) is 9.59 Å². The minimum Gasteiger partial charge on any atom is -0.381 e. The monoisotopic (exact) mass is 814 g/mol. The molecule has 0 bridgehead atoms. The van der Waals surface area contributed by atoms with Gasteiger partial charge in [-0.3, -0.25) is 19.6 Å². The van der Waals surface area contributed by atoms with Crippen molar-refractivity contribution in [1.29, 1.82) is 0 Å². The van der Waals surface area contributed by atoms with Crippen molar-refractivity contribution in [1.82, 2.24) is 50.1 Å². The number of hydrogen-bond donors (Lipinski definition) is 4. The lowest BCUT2D eigenvalue weighted by Gasteiger charge is -2.26. The van der Waals surface area contributed by atoms with Gasteiger partial charge in [0.2, 0.25) is 0 Å². The van der Waals surface area contributed by atoms with E-state index < -0.39 is 0 Å². The van der Waals surface area contributed by atoms with Crippen molar-refractivity contribution in [3.05, 3.63) is 82.7 Å². The van der Waals surface area contributed by atoms with Crippen LogP contribution in [0.5, 0.6) is 0 Å². The zero-order valence-electron chi connectivity index (χ0n) is 34.9. The van der Waals surface area contributed by atoms with Crippen LogP contribution in [0.1, 0.15) is 96.6 Å². The summed E-state index contributed by atoms with van der Waals surface area (Å²) in [5.41, 5.74) is 9.08. The first kappa shape index (κ1) is 40.8. The van der Waals surface area contributed by atoms with Crippen molar-refractivity contribution >= 4 is 45.3 Å². The van der Waals surface area contributed by atoms with Crippen LogP contribution in [0.15, 0.2) is 49.1 Å². The van der Waals surface area contributed by atoms with Crippen LogP contribution in [0.25, 0.3) is 33.5 Å². The smallest absolute Gasteiger partial charge is 0.251 e. The molecule has 6 aromatic heterocycles. The largest absolute Gasteiger partial charge is 0.381 e. The molecule has 16 nitrogen and oxygen atoms in total. The zero-order valence-corrected chi connectivity index (χ0v) is 34.9. The normalized spacial score (nSPS) is 15.1. The summed E-state index contributed by atoms with van der Waals surface area (Å²) in [7, 11) is 0. The number of ether oxygens (including phenoxy) is 2. The first-order valence-electron chi connectivity index (χ1n) is 21.3. The van der Waals surface area contributed by atoms with Gasteiger partial charge in [-0.25, -0.2) is 19.3 Å². The third-order valence-corrected chi connectivity index (χ3v) is 11.5. The molecule has 314 valence electrons. The number of rotatable bonds is 15. The van der Waals surface area contributed by atoms with Gasteiger partial charge in [0.1, 0.15) is 0 Å². The fraction of sp³-hybridized carbons (Fsp3) is 0.455. The lowest BCUT2D eigenvalue weighted by atomic mass is 10.0. The van der Waals surface area contributed by atoms with Crippen LogP contribution in [0, 0.1) is 0 Å². The number of carbonyl (C=O) groups excluding carboxylic acids is 2. The Morgan fingerprint density at radius 2 is 1.07 bits per heavy atom. The van der Waals surface area contributed by atoms with Gasteiger partial charge in [0.15, 0.2) is 11.3 Å². The molecule has 0 atom stereocenters. The molecule has 2 fully saturated rings.